The summed E-state index contributed by atoms with van der Waals surface area (Å²) in [7, 11) is 0. The summed E-state index contributed by atoms with van der Waals surface area (Å²) < 4.78 is 11.4. The molecule has 3 rings (SSSR count). The van der Waals surface area contributed by atoms with Gasteiger partial charge < -0.3 is 14.8 Å². The molecule has 1 aromatic heterocycles. The van der Waals surface area contributed by atoms with Crippen LogP contribution in [0.4, 0.5) is 0 Å². The van der Waals surface area contributed by atoms with Crippen LogP contribution in [0, 0.1) is 0 Å². The van der Waals surface area contributed by atoms with E-state index in [1.807, 2.05) is 62.4 Å². The van der Waals surface area contributed by atoms with Crippen molar-refractivity contribution in [3.63, 3.8) is 0 Å². The highest BCUT2D eigenvalue weighted by Gasteiger charge is 2.12. The maximum absolute atomic E-state index is 11.6. The number of hydrogen-bond donors (Lipinski definition) is 1. The molecule has 0 bridgehead atoms. The summed E-state index contributed by atoms with van der Waals surface area (Å²) in [5.41, 5.74) is 2.30. The highest BCUT2D eigenvalue weighted by molar-refractivity contribution is 5.73. The predicted molar refractivity (Wildman–Crippen MR) is 118 cm³/mol. The zero-order valence-electron chi connectivity index (χ0n) is 17.7. The molecule has 2 aromatic carbocycles. The van der Waals surface area contributed by atoms with Gasteiger partial charge in [-0.05, 0) is 56.0 Å². The summed E-state index contributed by atoms with van der Waals surface area (Å²) >= 11 is 0. The molecule has 30 heavy (non-hydrogen) atoms. The second-order valence-corrected chi connectivity index (χ2v) is 7.45. The number of pyridine rings is 1. The fourth-order valence-corrected chi connectivity index (χ4v) is 3.16. The van der Waals surface area contributed by atoms with Gasteiger partial charge in [0.25, 0.3) is 0 Å². The zero-order chi connectivity index (χ0) is 21.3. The van der Waals surface area contributed by atoms with E-state index in [1.165, 1.54) is 5.56 Å². The molecule has 1 atom stereocenters. The first-order valence-electron chi connectivity index (χ1n) is 10.2. The molecule has 1 N–H and O–H groups in total. The summed E-state index contributed by atoms with van der Waals surface area (Å²) in [5, 5.41) is 3.05. The topological polar surface area (TPSA) is 60.5 Å². The Kier molecular flexibility index (Phi) is 7.44. The highest BCUT2D eigenvalue weighted by atomic mass is 16.5. The summed E-state index contributed by atoms with van der Waals surface area (Å²) in [6.07, 6.45) is 3.42. The number of nitrogens with one attached hydrogen (secondary N) is 1. The third-order valence-electron chi connectivity index (χ3n) is 4.53. The van der Waals surface area contributed by atoms with Gasteiger partial charge in [0.2, 0.25) is 11.8 Å². The molecule has 0 saturated carbocycles. The van der Waals surface area contributed by atoms with Gasteiger partial charge in [-0.1, -0.05) is 42.5 Å². The van der Waals surface area contributed by atoms with Crippen molar-refractivity contribution in [1.82, 2.24) is 10.3 Å². The van der Waals surface area contributed by atoms with E-state index < -0.39 is 0 Å². The minimum atomic E-state index is -0.0222. The Balaban J connectivity index is 1.57. The van der Waals surface area contributed by atoms with Crippen LogP contribution in [0.15, 0.2) is 72.9 Å². The number of aromatic nitrogens is 1. The van der Waals surface area contributed by atoms with Gasteiger partial charge in [-0.15, -0.1) is 0 Å². The van der Waals surface area contributed by atoms with Gasteiger partial charge in [0.1, 0.15) is 11.5 Å². The monoisotopic (exact) mass is 404 g/mol. The van der Waals surface area contributed by atoms with Crippen LogP contribution in [0.2, 0.25) is 0 Å². The van der Waals surface area contributed by atoms with Crippen molar-refractivity contribution in [2.24, 2.45) is 0 Å². The van der Waals surface area contributed by atoms with Gasteiger partial charge in [-0.3, -0.25) is 4.79 Å². The average molecular weight is 405 g/mol. The van der Waals surface area contributed by atoms with E-state index in [-0.39, 0.29) is 18.1 Å². The van der Waals surface area contributed by atoms with Gasteiger partial charge >= 0.3 is 0 Å². The number of rotatable bonds is 9. The van der Waals surface area contributed by atoms with Crippen molar-refractivity contribution >= 4 is 5.91 Å². The van der Waals surface area contributed by atoms with Crippen LogP contribution in [-0.2, 0) is 11.2 Å². The van der Waals surface area contributed by atoms with Crippen LogP contribution in [0.3, 0.4) is 0 Å². The van der Waals surface area contributed by atoms with E-state index in [9.17, 15) is 4.79 Å². The average Bonchev–Trinajstić information content (AvgIpc) is 2.73. The van der Waals surface area contributed by atoms with Crippen LogP contribution in [-0.4, -0.2) is 17.0 Å². The Morgan fingerprint density at radius 3 is 2.27 bits per heavy atom. The maximum atomic E-state index is 11.6. The van der Waals surface area contributed by atoms with Gasteiger partial charge in [0.05, 0.1) is 18.3 Å². The van der Waals surface area contributed by atoms with Gasteiger partial charge in [-0.2, -0.15) is 0 Å². The Hall–Kier alpha value is -3.34. The van der Waals surface area contributed by atoms with Crippen molar-refractivity contribution in [2.75, 3.05) is 0 Å². The van der Waals surface area contributed by atoms with E-state index in [4.69, 9.17) is 9.47 Å². The lowest BCUT2D eigenvalue weighted by Gasteiger charge is -2.18. The van der Waals surface area contributed by atoms with Crippen LogP contribution in [0.5, 0.6) is 17.4 Å². The zero-order valence-corrected chi connectivity index (χ0v) is 17.7. The summed E-state index contributed by atoms with van der Waals surface area (Å²) in [6, 6.07) is 21.7. The first kappa shape index (κ1) is 21.4. The molecule has 0 fully saturated rings. The van der Waals surface area contributed by atoms with Crippen molar-refractivity contribution in [3.05, 3.63) is 84.1 Å². The number of benzene rings is 2. The highest BCUT2D eigenvalue weighted by Crippen LogP contribution is 2.24. The van der Waals surface area contributed by atoms with Gasteiger partial charge in [0.15, 0.2) is 0 Å². The maximum Gasteiger partial charge on any atom is 0.217 e. The smallest absolute Gasteiger partial charge is 0.217 e. The number of carbonyl (C=O) groups is 1. The number of amides is 1. The first-order valence-corrected chi connectivity index (χ1v) is 10.2. The molecular weight excluding hydrogens is 376 g/mol. The quantitative estimate of drug-likeness (QED) is 0.514. The second kappa shape index (κ2) is 10.4. The molecule has 1 heterocycles. The molecule has 156 valence electrons. The third-order valence-corrected chi connectivity index (χ3v) is 4.53. The first-order chi connectivity index (χ1) is 14.5. The predicted octanol–water partition coefficient (Wildman–Crippen LogP) is 5.47. The number of hydrogen-bond acceptors (Lipinski definition) is 4. The SMILES string of the molecule is CC(=O)NC(CCc1ccc(Oc2ccc(OC(C)C)nc2)cc1)c1ccccc1. The fourth-order valence-electron chi connectivity index (χ4n) is 3.16. The van der Waals surface area contributed by atoms with E-state index in [0.29, 0.717) is 11.6 Å². The van der Waals surface area contributed by atoms with Gasteiger partial charge in [0, 0.05) is 13.0 Å². The molecule has 0 radical (unpaired) electrons. The van der Waals surface area contributed by atoms with E-state index in [0.717, 1.165) is 24.2 Å². The lowest BCUT2D eigenvalue weighted by Crippen LogP contribution is -2.26. The molecule has 0 saturated heterocycles. The molecule has 0 aliphatic heterocycles. The van der Waals surface area contributed by atoms with Crippen LogP contribution >= 0.6 is 0 Å². The molecule has 3 aromatic rings. The third kappa shape index (κ3) is 6.62. The molecule has 5 nitrogen and oxygen atoms in total. The Morgan fingerprint density at radius 2 is 1.67 bits per heavy atom. The minimum Gasteiger partial charge on any atom is -0.475 e. The van der Waals surface area contributed by atoms with E-state index in [1.54, 1.807) is 19.2 Å². The normalized spacial score (nSPS) is 11.7. The second-order valence-electron chi connectivity index (χ2n) is 7.45. The van der Waals surface area contributed by atoms with Crippen molar-refractivity contribution in [3.8, 4) is 17.4 Å². The summed E-state index contributed by atoms with van der Waals surface area (Å²) in [5.74, 6) is 1.97. The van der Waals surface area contributed by atoms with Gasteiger partial charge in [-0.25, -0.2) is 4.98 Å². The number of carbonyl (C=O) groups excluding carboxylic acids is 1. The number of nitrogens with zero attached hydrogens (tertiary/aromatic N) is 1. The molecular formula is C25H28N2O3. The van der Waals surface area contributed by atoms with Crippen LogP contribution in [0.1, 0.15) is 44.4 Å². The van der Waals surface area contributed by atoms with Crippen molar-refractivity contribution < 1.29 is 14.3 Å². The van der Waals surface area contributed by atoms with Crippen LogP contribution in [0.25, 0.3) is 0 Å². The fraction of sp³-hybridized carbons (Fsp3) is 0.280. The number of ether oxygens (including phenoxy) is 2. The Labute approximate surface area is 178 Å². The molecule has 5 heteroatoms. The lowest BCUT2D eigenvalue weighted by atomic mass is 9.99. The molecule has 0 spiro atoms. The van der Waals surface area contributed by atoms with E-state index >= 15 is 0 Å². The Morgan fingerprint density at radius 1 is 0.967 bits per heavy atom. The molecule has 1 amide bonds. The molecule has 0 aliphatic rings. The minimum absolute atomic E-state index is 0.00252. The number of aryl methyl sites for hydroxylation is 1. The molecule has 1 unspecified atom stereocenters. The largest absolute Gasteiger partial charge is 0.475 e. The summed E-state index contributed by atoms with van der Waals surface area (Å²) in [6.45, 7) is 5.48. The summed E-state index contributed by atoms with van der Waals surface area (Å²) in [4.78, 5) is 15.8. The van der Waals surface area contributed by atoms with Crippen molar-refractivity contribution in [2.45, 2.75) is 45.8 Å². The van der Waals surface area contributed by atoms with Crippen molar-refractivity contribution in [1.29, 1.82) is 0 Å². The van der Waals surface area contributed by atoms with E-state index in [2.05, 4.69) is 22.4 Å². The van der Waals surface area contributed by atoms with Crippen LogP contribution < -0.4 is 14.8 Å². The molecule has 0 aliphatic carbocycles. The Bertz CT molecular complexity index is 923. The standard InChI is InChI=1S/C25H28N2O3/c1-18(2)29-25-16-14-23(17-26-25)30-22-12-9-20(10-13-22)11-15-24(27-19(3)28)21-7-5-4-6-8-21/h4-10,12-14,16-18,24H,11,15H2,1-3H3,(H,27,28). The lowest BCUT2D eigenvalue weighted by molar-refractivity contribution is -0.119.